The van der Waals surface area contributed by atoms with Crippen LogP contribution in [-0.4, -0.2) is 41.7 Å². The van der Waals surface area contributed by atoms with E-state index in [0.29, 0.717) is 29.8 Å². The Morgan fingerprint density at radius 3 is 2.76 bits per heavy atom. The van der Waals surface area contributed by atoms with E-state index in [0.717, 1.165) is 17.6 Å². The predicted octanol–water partition coefficient (Wildman–Crippen LogP) is 1.51. The fraction of sp³-hybridized carbons (Fsp3) is 0.583. The standard InChI is InChI=1S/C12H17N5O3S/c1-7(2)11-14-15-12(21-6-10(18)19)17(11)5-4-9-13-8(3)16-20-9/h7H,4-6H2,1-3H3,(H,18,19). The number of aryl methyl sites for hydroxylation is 2. The minimum atomic E-state index is -0.881. The first-order valence-corrected chi connectivity index (χ1v) is 7.52. The van der Waals surface area contributed by atoms with Gasteiger partial charge in [-0.15, -0.1) is 10.2 Å². The molecule has 0 saturated heterocycles. The number of carbonyl (C=O) groups is 1. The van der Waals surface area contributed by atoms with Crippen molar-refractivity contribution in [2.24, 2.45) is 0 Å². The van der Waals surface area contributed by atoms with Gasteiger partial charge in [0.2, 0.25) is 5.89 Å². The van der Waals surface area contributed by atoms with Crippen LogP contribution in [0.5, 0.6) is 0 Å². The second-order valence-corrected chi connectivity index (χ2v) is 5.76. The SMILES string of the molecule is Cc1noc(CCn2c(SCC(=O)O)nnc2C(C)C)n1. The van der Waals surface area contributed by atoms with E-state index < -0.39 is 5.97 Å². The topological polar surface area (TPSA) is 107 Å². The van der Waals surface area contributed by atoms with E-state index in [2.05, 4.69) is 20.3 Å². The number of nitrogens with zero attached hydrogens (tertiary/aromatic N) is 5. The number of hydrogen-bond donors (Lipinski definition) is 1. The zero-order valence-corrected chi connectivity index (χ0v) is 12.9. The quantitative estimate of drug-likeness (QED) is 0.767. The smallest absolute Gasteiger partial charge is 0.313 e. The normalized spacial score (nSPS) is 11.2. The second kappa shape index (κ2) is 6.70. The number of carboxylic acid groups (broad SMARTS) is 1. The predicted molar refractivity (Wildman–Crippen MR) is 75.2 cm³/mol. The fourth-order valence-corrected chi connectivity index (χ4v) is 2.51. The Bertz CT molecular complexity index is 622. The van der Waals surface area contributed by atoms with Crippen molar-refractivity contribution in [2.45, 2.75) is 44.8 Å². The molecule has 0 spiro atoms. The van der Waals surface area contributed by atoms with Crippen molar-refractivity contribution < 1.29 is 14.4 Å². The van der Waals surface area contributed by atoms with Gasteiger partial charge in [-0.2, -0.15) is 4.98 Å². The van der Waals surface area contributed by atoms with Crippen LogP contribution in [0.1, 0.15) is 37.3 Å². The second-order valence-electron chi connectivity index (χ2n) is 4.81. The number of aromatic nitrogens is 5. The van der Waals surface area contributed by atoms with Crippen molar-refractivity contribution in [1.29, 1.82) is 0 Å². The molecule has 0 bridgehead atoms. The van der Waals surface area contributed by atoms with E-state index >= 15 is 0 Å². The summed E-state index contributed by atoms with van der Waals surface area (Å²) in [6, 6.07) is 0. The van der Waals surface area contributed by atoms with Gasteiger partial charge in [0, 0.05) is 18.9 Å². The molecule has 0 fully saturated rings. The van der Waals surface area contributed by atoms with Gasteiger partial charge < -0.3 is 14.2 Å². The summed E-state index contributed by atoms with van der Waals surface area (Å²) in [5.74, 6) is 1.23. The molecule has 8 nitrogen and oxygen atoms in total. The number of hydrogen-bond acceptors (Lipinski definition) is 7. The van der Waals surface area contributed by atoms with Gasteiger partial charge >= 0.3 is 5.97 Å². The molecule has 2 heterocycles. The van der Waals surface area contributed by atoms with Crippen molar-refractivity contribution in [2.75, 3.05) is 5.75 Å². The van der Waals surface area contributed by atoms with E-state index in [1.165, 1.54) is 0 Å². The van der Waals surface area contributed by atoms with Gasteiger partial charge in [-0.1, -0.05) is 30.8 Å². The molecule has 2 aromatic rings. The number of rotatable bonds is 7. The summed E-state index contributed by atoms with van der Waals surface area (Å²) in [4.78, 5) is 14.9. The molecule has 0 saturated carbocycles. The van der Waals surface area contributed by atoms with Crippen molar-refractivity contribution in [3.8, 4) is 0 Å². The summed E-state index contributed by atoms with van der Waals surface area (Å²) < 4.78 is 7.00. The molecule has 9 heteroatoms. The van der Waals surface area contributed by atoms with Crippen LogP contribution in [0, 0.1) is 6.92 Å². The summed E-state index contributed by atoms with van der Waals surface area (Å²) in [6.07, 6.45) is 0.555. The Labute approximate surface area is 125 Å². The van der Waals surface area contributed by atoms with Gasteiger partial charge in [0.25, 0.3) is 0 Å². The molecule has 114 valence electrons. The van der Waals surface area contributed by atoms with Crippen molar-refractivity contribution >= 4 is 17.7 Å². The number of aliphatic carboxylic acids is 1. The minimum Gasteiger partial charge on any atom is -0.481 e. The molecule has 0 aromatic carbocycles. The highest BCUT2D eigenvalue weighted by Crippen LogP contribution is 2.21. The lowest BCUT2D eigenvalue weighted by atomic mass is 10.2. The molecule has 21 heavy (non-hydrogen) atoms. The van der Waals surface area contributed by atoms with Gasteiger partial charge in [0.05, 0.1) is 5.75 Å². The molecule has 0 radical (unpaired) electrons. The maximum atomic E-state index is 10.7. The molecule has 0 aliphatic rings. The molecule has 2 aromatic heterocycles. The zero-order valence-electron chi connectivity index (χ0n) is 12.1. The molecular weight excluding hydrogens is 294 g/mol. The molecule has 2 rings (SSSR count). The van der Waals surface area contributed by atoms with Gasteiger partial charge in [-0.25, -0.2) is 0 Å². The van der Waals surface area contributed by atoms with Crippen LogP contribution in [0.25, 0.3) is 0 Å². The maximum absolute atomic E-state index is 10.7. The van der Waals surface area contributed by atoms with E-state index in [1.807, 2.05) is 18.4 Å². The van der Waals surface area contributed by atoms with Gasteiger partial charge in [-0.05, 0) is 6.92 Å². The molecule has 0 atom stereocenters. The van der Waals surface area contributed by atoms with Crippen LogP contribution >= 0.6 is 11.8 Å². The first-order chi connectivity index (χ1) is 9.97. The largest absolute Gasteiger partial charge is 0.481 e. The average molecular weight is 311 g/mol. The van der Waals surface area contributed by atoms with E-state index in [4.69, 9.17) is 9.63 Å². The molecule has 0 unspecified atom stereocenters. The maximum Gasteiger partial charge on any atom is 0.313 e. The molecule has 0 aliphatic carbocycles. The Morgan fingerprint density at radius 1 is 1.43 bits per heavy atom. The molecular formula is C12H17N5O3S. The Balaban J connectivity index is 2.13. The van der Waals surface area contributed by atoms with Gasteiger partial charge in [0.15, 0.2) is 11.0 Å². The van der Waals surface area contributed by atoms with E-state index in [-0.39, 0.29) is 11.7 Å². The van der Waals surface area contributed by atoms with E-state index in [1.54, 1.807) is 6.92 Å². The van der Waals surface area contributed by atoms with Crippen molar-refractivity contribution in [3.63, 3.8) is 0 Å². The highest BCUT2D eigenvalue weighted by atomic mass is 32.2. The first-order valence-electron chi connectivity index (χ1n) is 6.54. The summed E-state index contributed by atoms with van der Waals surface area (Å²) >= 11 is 1.16. The van der Waals surface area contributed by atoms with Crippen LogP contribution in [0.3, 0.4) is 0 Å². The lowest BCUT2D eigenvalue weighted by Crippen LogP contribution is -2.10. The van der Waals surface area contributed by atoms with Crippen molar-refractivity contribution in [1.82, 2.24) is 24.9 Å². The van der Waals surface area contributed by atoms with Crippen LogP contribution in [-0.2, 0) is 17.8 Å². The Kier molecular flexibility index (Phi) is 4.94. The summed E-state index contributed by atoms with van der Waals surface area (Å²) in [5.41, 5.74) is 0. The molecule has 0 aliphatic heterocycles. The van der Waals surface area contributed by atoms with Gasteiger partial charge in [-0.3, -0.25) is 4.79 Å². The lowest BCUT2D eigenvalue weighted by Gasteiger charge is -2.10. The van der Waals surface area contributed by atoms with Gasteiger partial charge in [0.1, 0.15) is 5.82 Å². The van der Waals surface area contributed by atoms with Crippen LogP contribution < -0.4 is 0 Å². The summed E-state index contributed by atoms with van der Waals surface area (Å²) in [6.45, 7) is 6.37. The van der Waals surface area contributed by atoms with Crippen LogP contribution in [0.2, 0.25) is 0 Å². The molecule has 1 N–H and O–H groups in total. The third-order valence-electron chi connectivity index (χ3n) is 2.71. The Hall–Kier alpha value is -1.90. The lowest BCUT2D eigenvalue weighted by molar-refractivity contribution is -0.133. The third-order valence-corrected chi connectivity index (χ3v) is 3.66. The summed E-state index contributed by atoms with van der Waals surface area (Å²) in [5, 5.41) is 21.3. The van der Waals surface area contributed by atoms with Crippen molar-refractivity contribution in [3.05, 3.63) is 17.5 Å². The highest BCUT2D eigenvalue weighted by Gasteiger charge is 2.17. The zero-order chi connectivity index (χ0) is 15.4. The van der Waals surface area contributed by atoms with E-state index in [9.17, 15) is 4.79 Å². The minimum absolute atomic E-state index is 0.0457. The Morgan fingerprint density at radius 2 is 2.19 bits per heavy atom. The number of carboxylic acids is 1. The first kappa shape index (κ1) is 15.5. The van der Waals surface area contributed by atoms with Crippen LogP contribution in [0.15, 0.2) is 9.68 Å². The summed E-state index contributed by atoms with van der Waals surface area (Å²) in [7, 11) is 0. The monoisotopic (exact) mass is 311 g/mol. The fourth-order valence-electron chi connectivity index (χ4n) is 1.82. The average Bonchev–Trinajstić information content (AvgIpc) is 2.99. The number of thioether (sulfide) groups is 1. The van der Waals surface area contributed by atoms with Crippen LogP contribution in [0.4, 0.5) is 0 Å². The third kappa shape index (κ3) is 4.03. The highest BCUT2D eigenvalue weighted by molar-refractivity contribution is 7.99. The molecule has 0 amide bonds.